The molecule has 5 nitrogen and oxygen atoms in total. The molecule has 0 spiro atoms. The molecule has 1 aromatic heterocycles. The van der Waals surface area contributed by atoms with Gasteiger partial charge in [-0.05, 0) is 24.8 Å². The van der Waals surface area contributed by atoms with E-state index >= 15 is 0 Å². The van der Waals surface area contributed by atoms with E-state index in [2.05, 4.69) is 5.10 Å². The summed E-state index contributed by atoms with van der Waals surface area (Å²) in [5.41, 5.74) is 5.77. The summed E-state index contributed by atoms with van der Waals surface area (Å²) >= 11 is 0. The number of amides is 1. The van der Waals surface area contributed by atoms with Gasteiger partial charge in [0.2, 0.25) is 5.91 Å². The Bertz CT molecular complexity index is 366. The molecule has 2 heterocycles. The lowest BCUT2D eigenvalue weighted by Gasteiger charge is -2.31. The number of carbonyl (C=O) groups excluding carboxylic acids is 1. The van der Waals surface area contributed by atoms with Gasteiger partial charge in [-0.1, -0.05) is 0 Å². The van der Waals surface area contributed by atoms with Crippen LogP contribution < -0.4 is 5.73 Å². The lowest BCUT2D eigenvalue weighted by Crippen LogP contribution is -2.38. The molecule has 5 heteroatoms. The van der Waals surface area contributed by atoms with Crippen molar-refractivity contribution in [3.8, 4) is 0 Å². The molecule has 0 unspecified atom stereocenters. The van der Waals surface area contributed by atoms with Gasteiger partial charge in [0.05, 0.1) is 6.20 Å². The molecular formula is C11H18N4O. The standard InChI is InChI=1S/C11H18N4O/c1-9(16)14-6-3-10(4-7-14)8-15-11(12)2-5-13-15/h2,5,10H,3-4,6-8,12H2,1H3. The summed E-state index contributed by atoms with van der Waals surface area (Å²) in [6, 6.07) is 1.81. The van der Waals surface area contributed by atoms with E-state index in [1.807, 2.05) is 15.6 Å². The quantitative estimate of drug-likeness (QED) is 0.802. The van der Waals surface area contributed by atoms with Gasteiger partial charge in [-0.2, -0.15) is 5.10 Å². The third-order valence-electron chi connectivity index (χ3n) is 3.24. The SMILES string of the molecule is CC(=O)N1CCC(Cn2nccc2N)CC1. The van der Waals surface area contributed by atoms with Gasteiger partial charge < -0.3 is 10.6 Å². The van der Waals surface area contributed by atoms with Crippen molar-refractivity contribution in [1.29, 1.82) is 0 Å². The number of rotatable bonds is 2. The van der Waals surface area contributed by atoms with Crippen LogP contribution in [0.5, 0.6) is 0 Å². The van der Waals surface area contributed by atoms with E-state index in [1.54, 1.807) is 13.1 Å². The van der Waals surface area contributed by atoms with Gasteiger partial charge >= 0.3 is 0 Å². The number of hydrogen-bond donors (Lipinski definition) is 1. The molecule has 88 valence electrons. The van der Waals surface area contributed by atoms with Crippen molar-refractivity contribution in [3.63, 3.8) is 0 Å². The second-order valence-electron chi connectivity index (χ2n) is 4.39. The maximum absolute atomic E-state index is 11.2. The average Bonchev–Trinajstić information content (AvgIpc) is 2.65. The summed E-state index contributed by atoms with van der Waals surface area (Å²) in [6.07, 6.45) is 3.80. The Morgan fingerprint density at radius 1 is 1.56 bits per heavy atom. The van der Waals surface area contributed by atoms with Gasteiger partial charge in [0.15, 0.2) is 0 Å². The summed E-state index contributed by atoms with van der Waals surface area (Å²) < 4.78 is 1.84. The second kappa shape index (κ2) is 4.55. The first-order valence-electron chi connectivity index (χ1n) is 5.69. The van der Waals surface area contributed by atoms with Crippen molar-refractivity contribution in [2.45, 2.75) is 26.3 Å². The van der Waals surface area contributed by atoms with Crippen LogP contribution in [0, 0.1) is 5.92 Å². The lowest BCUT2D eigenvalue weighted by atomic mass is 9.97. The Kier molecular flexibility index (Phi) is 3.12. The fraction of sp³-hybridized carbons (Fsp3) is 0.636. The monoisotopic (exact) mass is 222 g/mol. The molecular weight excluding hydrogens is 204 g/mol. The van der Waals surface area contributed by atoms with E-state index in [-0.39, 0.29) is 5.91 Å². The van der Waals surface area contributed by atoms with Crippen LogP contribution in [-0.2, 0) is 11.3 Å². The zero-order valence-electron chi connectivity index (χ0n) is 9.59. The summed E-state index contributed by atoms with van der Waals surface area (Å²) in [7, 11) is 0. The minimum absolute atomic E-state index is 0.178. The minimum Gasteiger partial charge on any atom is -0.384 e. The van der Waals surface area contributed by atoms with Crippen LogP contribution in [0.2, 0.25) is 0 Å². The molecule has 0 atom stereocenters. The van der Waals surface area contributed by atoms with Crippen LogP contribution >= 0.6 is 0 Å². The van der Waals surface area contributed by atoms with Crippen molar-refractivity contribution >= 4 is 11.7 Å². The number of likely N-dealkylation sites (tertiary alicyclic amines) is 1. The highest BCUT2D eigenvalue weighted by molar-refractivity contribution is 5.73. The summed E-state index contributed by atoms with van der Waals surface area (Å²) in [5, 5.41) is 4.18. The summed E-state index contributed by atoms with van der Waals surface area (Å²) in [6.45, 7) is 4.22. The molecule has 1 saturated heterocycles. The summed E-state index contributed by atoms with van der Waals surface area (Å²) in [4.78, 5) is 13.1. The zero-order chi connectivity index (χ0) is 11.5. The number of piperidine rings is 1. The van der Waals surface area contributed by atoms with Crippen molar-refractivity contribution in [3.05, 3.63) is 12.3 Å². The van der Waals surface area contributed by atoms with Gasteiger partial charge in [-0.3, -0.25) is 4.79 Å². The molecule has 1 aliphatic heterocycles. The zero-order valence-corrected chi connectivity index (χ0v) is 9.59. The predicted molar refractivity (Wildman–Crippen MR) is 61.6 cm³/mol. The molecule has 16 heavy (non-hydrogen) atoms. The lowest BCUT2D eigenvalue weighted by molar-refractivity contribution is -0.130. The highest BCUT2D eigenvalue weighted by atomic mass is 16.2. The Morgan fingerprint density at radius 3 is 2.75 bits per heavy atom. The minimum atomic E-state index is 0.178. The third kappa shape index (κ3) is 2.35. The van der Waals surface area contributed by atoms with Gasteiger partial charge in [0.1, 0.15) is 5.82 Å². The normalized spacial score (nSPS) is 17.7. The topological polar surface area (TPSA) is 64.2 Å². The number of carbonyl (C=O) groups is 1. The van der Waals surface area contributed by atoms with Crippen molar-refractivity contribution in [1.82, 2.24) is 14.7 Å². The smallest absolute Gasteiger partial charge is 0.219 e. The predicted octanol–water partition coefficient (Wildman–Crippen LogP) is 0.724. The first kappa shape index (κ1) is 11.0. The van der Waals surface area contributed by atoms with E-state index in [0.717, 1.165) is 32.5 Å². The molecule has 1 amide bonds. The Balaban J connectivity index is 1.86. The van der Waals surface area contributed by atoms with Crippen LogP contribution in [0.25, 0.3) is 0 Å². The number of nitrogen functional groups attached to an aromatic ring is 1. The van der Waals surface area contributed by atoms with Crippen molar-refractivity contribution in [2.24, 2.45) is 5.92 Å². The molecule has 1 fully saturated rings. The molecule has 0 radical (unpaired) electrons. The molecule has 2 N–H and O–H groups in total. The number of nitrogens with two attached hydrogens (primary N) is 1. The fourth-order valence-corrected chi connectivity index (χ4v) is 2.17. The van der Waals surface area contributed by atoms with Crippen molar-refractivity contribution < 1.29 is 4.79 Å². The Labute approximate surface area is 95.2 Å². The largest absolute Gasteiger partial charge is 0.384 e. The molecule has 0 aromatic carbocycles. The Hall–Kier alpha value is -1.52. The highest BCUT2D eigenvalue weighted by Crippen LogP contribution is 2.19. The molecule has 1 aromatic rings. The molecule has 0 aliphatic carbocycles. The average molecular weight is 222 g/mol. The van der Waals surface area contributed by atoms with Gasteiger partial charge in [0.25, 0.3) is 0 Å². The Morgan fingerprint density at radius 2 is 2.25 bits per heavy atom. The first-order chi connectivity index (χ1) is 7.66. The number of hydrogen-bond acceptors (Lipinski definition) is 3. The fourth-order valence-electron chi connectivity index (χ4n) is 2.17. The van der Waals surface area contributed by atoms with Crippen molar-refractivity contribution in [2.75, 3.05) is 18.8 Å². The van der Waals surface area contributed by atoms with Crippen LogP contribution in [0.1, 0.15) is 19.8 Å². The van der Waals surface area contributed by atoms with E-state index in [0.29, 0.717) is 11.7 Å². The molecule has 0 bridgehead atoms. The number of aromatic nitrogens is 2. The van der Waals surface area contributed by atoms with Crippen LogP contribution in [0.4, 0.5) is 5.82 Å². The van der Waals surface area contributed by atoms with Crippen LogP contribution in [0.3, 0.4) is 0 Å². The molecule has 1 aliphatic rings. The second-order valence-corrected chi connectivity index (χ2v) is 4.39. The first-order valence-corrected chi connectivity index (χ1v) is 5.69. The third-order valence-corrected chi connectivity index (χ3v) is 3.24. The van der Waals surface area contributed by atoms with Crippen LogP contribution in [-0.4, -0.2) is 33.7 Å². The van der Waals surface area contributed by atoms with Gasteiger partial charge in [-0.15, -0.1) is 0 Å². The highest BCUT2D eigenvalue weighted by Gasteiger charge is 2.21. The van der Waals surface area contributed by atoms with Gasteiger partial charge in [-0.25, -0.2) is 4.68 Å². The van der Waals surface area contributed by atoms with Crippen LogP contribution in [0.15, 0.2) is 12.3 Å². The maximum Gasteiger partial charge on any atom is 0.219 e. The number of nitrogens with zero attached hydrogens (tertiary/aromatic N) is 3. The maximum atomic E-state index is 11.2. The summed E-state index contributed by atoms with van der Waals surface area (Å²) in [5.74, 6) is 1.48. The van der Waals surface area contributed by atoms with E-state index in [1.165, 1.54) is 0 Å². The molecule has 2 rings (SSSR count). The van der Waals surface area contributed by atoms with E-state index in [9.17, 15) is 4.79 Å². The van der Waals surface area contributed by atoms with E-state index < -0.39 is 0 Å². The van der Waals surface area contributed by atoms with Gasteiger partial charge in [0, 0.05) is 26.6 Å². The number of anilines is 1. The molecule has 0 saturated carbocycles. The van der Waals surface area contributed by atoms with E-state index in [4.69, 9.17) is 5.73 Å².